The highest BCUT2D eigenvalue weighted by molar-refractivity contribution is 5.66. The fraction of sp³-hybridized carbons (Fsp3) is 0.733. The number of nitrogen functional groups attached to an aromatic ring is 1. The van der Waals surface area contributed by atoms with Gasteiger partial charge in [-0.15, -0.1) is 0 Å². The Balaban J connectivity index is 2.78. The first-order chi connectivity index (χ1) is 10.2. The van der Waals surface area contributed by atoms with E-state index in [2.05, 4.69) is 41.0 Å². The number of aryl methyl sites for hydroxylation is 1. The summed E-state index contributed by atoms with van der Waals surface area (Å²) >= 11 is 0. The molecular formula is C15H29N5O. The third kappa shape index (κ3) is 5.38. The Labute approximate surface area is 128 Å². The minimum absolute atomic E-state index is 0.487. The number of rotatable bonds is 10. The van der Waals surface area contributed by atoms with Crippen molar-refractivity contribution in [2.24, 2.45) is 0 Å². The van der Waals surface area contributed by atoms with Crippen LogP contribution in [0.15, 0.2) is 0 Å². The number of aromatic nitrogens is 2. The standard InChI is InChI=1S/C15H29N5O/c1-5-9-12-18-14(13(16)15(19-12)21-8-4)17-10-11-20(6-2)7-3/h5-11,16H2,1-4H3,(H,17,18,19). The van der Waals surface area contributed by atoms with E-state index in [9.17, 15) is 0 Å². The first-order valence-electron chi connectivity index (χ1n) is 7.91. The zero-order valence-electron chi connectivity index (χ0n) is 13.8. The molecule has 0 aromatic carbocycles. The number of likely N-dealkylation sites (N-methyl/N-ethyl adjacent to an activating group) is 1. The van der Waals surface area contributed by atoms with Crippen molar-refractivity contribution in [3.05, 3.63) is 5.82 Å². The normalized spacial score (nSPS) is 10.9. The lowest BCUT2D eigenvalue weighted by Crippen LogP contribution is -2.29. The molecule has 0 unspecified atom stereocenters. The van der Waals surface area contributed by atoms with E-state index in [0.717, 1.165) is 44.8 Å². The van der Waals surface area contributed by atoms with Crippen LogP contribution in [-0.2, 0) is 6.42 Å². The largest absolute Gasteiger partial charge is 0.476 e. The van der Waals surface area contributed by atoms with Gasteiger partial charge in [0.15, 0.2) is 5.82 Å². The summed E-state index contributed by atoms with van der Waals surface area (Å²) < 4.78 is 5.51. The van der Waals surface area contributed by atoms with Crippen molar-refractivity contribution >= 4 is 11.5 Å². The summed E-state index contributed by atoms with van der Waals surface area (Å²) in [5.41, 5.74) is 6.59. The first-order valence-corrected chi connectivity index (χ1v) is 7.91. The maximum absolute atomic E-state index is 6.09. The topological polar surface area (TPSA) is 76.3 Å². The molecule has 0 aliphatic heterocycles. The molecule has 21 heavy (non-hydrogen) atoms. The molecule has 0 fully saturated rings. The van der Waals surface area contributed by atoms with Crippen LogP contribution in [0.3, 0.4) is 0 Å². The molecule has 0 aliphatic carbocycles. The third-order valence-corrected chi connectivity index (χ3v) is 3.33. The van der Waals surface area contributed by atoms with E-state index in [1.807, 2.05) is 6.92 Å². The molecule has 0 radical (unpaired) electrons. The van der Waals surface area contributed by atoms with Gasteiger partial charge in [0.1, 0.15) is 11.5 Å². The second-order valence-corrected chi connectivity index (χ2v) is 4.84. The lowest BCUT2D eigenvalue weighted by atomic mass is 10.3. The minimum atomic E-state index is 0.487. The Morgan fingerprint density at radius 3 is 2.43 bits per heavy atom. The van der Waals surface area contributed by atoms with Crippen molar-refractivity contribution in [3.63, 3.8) is 0 Å². The van der Waals surface area contributed by atoms with Gasteiger partial charge < -0.3 is 20.7 Å². The van der Waals surface area contributed by atoms with Gasteiger partial charge in [-0.05, 0) is 26.4 Å². The average molecular weight is 295 g/mol. The average Bonchev–Trinajstić information content (AvgIpc) is 2.48. The molecule has 0 bridgehead atoms. The smallest absolute Gasteiger partial charge is 0.242 e. The lowest BCUT2D eigenvalue weighted by Gasteiger charge is -2.19. The fourth-order valence-electron chi connectivity index (χ4n) is 2.08. The monoisotopic (exact) mass is 295 g/mol. The van der Waals surface area contributed by atoms with Crippen LogP contribution in [0.25, 0.3) is 0 Å². The number of hydrogen-bond acceptors (Lipinski definition) is 6. The van der Waals surface area contributed by atoms with Crippen LogP contribution in [0.4, 0.5) is 11.5 Å². The lowest BCUT2D eigenvalue weighted by molar-refractivity contribution is 0.315. The predicted molar refractivity (Wildman–Crippen MR) is 87.9 cm³/mol. The number of nitrogens with two attached hydrogens (primary N) is 1. The minimum Gasteiger partial charge on any atom is -0.476 e. The van der Waals surface area contributed by atoms with Gasteiger partial charge in [-0.1, -0.05) is 20.8 Å². The molecule has 0 saturated carbocycles. The second-order valence-electron chi connectivity index (χ2n) is 4.84. The van der Waals surface area contributed by atoms with Gasteiger partial charge in [-0.3, -0.25) is 0 Å². The number of ether oxygens (including phenoxy) is 1. The number of hydrogen-bond donors (Lipinski definition) is 2. The Bertz CT molecular complexity index is 421. The van der Waals surface area contributed by atoms with Crippen molar-refractivity contribution in [2.75, 3.05) is 43.8 Å². The van der Waals surface area contributed by atoms with E-state index >= 15 is 0 Å². The van der Waals surface area contributed by atoms with Crippen LogP contribution in [0.2, 0.25) is 0 Å². The van der Waals surface area contributed by atoms with Gasteiger partial charge >= 0.3 is 0 Å². The molecule has 0 saturated heterocycles. The predicted octanol–water partition coefficient (Wildman–Crippen LogP) is 2.16. The molecule has 1 rings (SSSR count). The van der Waals surface area contributed by atoms with Gasteiger partial charge in [-0.2, -0.15) is 4.98 Å². The van der Waals surface area contributed by atoms with Gasteiger partial charge in [0.2, 0.25) is 5.88 Å². The van der Waals surface area contributed by atoms with E-state index in [-0.39, 0.29) is 0 Å². The van der Waals surface area contributed by atoms with Crippen LogP contribution < -0.4 is 15.8 Å². The van der Waals surface area contributed by atoms with Crippen LogP contribution in [0.1, 0.15) is 39.9 Å². The molecule has 0 atom stereocenters. The van der Waals surface area contributed by atoms with Crippen molar-refractivity contribution in [3.8, 4) is 5.88 Å². The molecule has 1 aromatic rings. The highest BCUT2D eigenvalue weighted by Crippen LogP contribution is 2.26. The Morgan fingerprint density at radius 2 is 1.86 bits per heavy atom. The fourth-order valence-corrected chi connectivity index (χ4v) is 2.08. The van der Waals surface area contributed by atoms with E-state index in [1.54, 1.807) is 0 Å². The zero-order chi connectivity index (χ0) is 15.7. The molecular weight excluding hydrogens is 266 g/mol. The van der Waals surface area contributed by atoms with Crippen molar-refractivity contribution < 1.29 is 4.74 Å². The molecule has 0 spiro atoms. The highest BCUT2D eigenvalue weighted by atomic mass is 16.5. The molecule has 1 aromatic heterocycles. The summed E-state index contributed by atoms with van der Waals surface area (Å²) in [6, 6.07) is 0. The number of nitrogens with one attached hydrogen (secondary N) is 1. The quantitative estimate of drug-likeness (QED) is 0.689. The molecule has 3 N–H and O–H groups in total. The van der Waals surface area contributed by atoms with E-state index in [1.165, 1.54) is 0 Å². The molecule has 0 amide bonds. The van der Waals surface area contributed by atoms with Gasteiger partial charge in [0.25, 0.3) is 0 Å². The van der Waals surface area contributed by atoms with Crippen LogP contribution in [0.5, 0.6) is 5.88 Å². The van der Waals surface area contributed by atoms with E-state index in [0.29, 0.717) is 24.0 Å². The van der Waals surface area contributed by atoms with Gasteiger partial charge in [0.05, 0.1) is 6.61 Å². The van der Waals surface area contributed by atoms with Gasteiger partial charge in [0, 0.05) is 19.5 Å². The maximum Gasteiger partial charge on any atom is 0.242 e. The second kappa shape index (κ2) is 9.39. The summed E-state index contributed by atoms with van der Waals surface area (Å²) in [6.45, 7) is 12.8. The summed E-state index contributed by atoms with van der Waals surface area (Å²) in [7, 11) is 0. The molecule has 120 valence electrons. The van der Waals surface area contributed by atoms with Crippen molar-refractivity contribution in [1.82, 2.24) is 14.9 Å². The van der Waals surface area contributed by atoms with Crippen molar-refractivity contribution in [2.45, 2.75) is 40.5 Å². The molecule has 0 aliphatic rings. The summed E-state index contributed by atoms with van der Waals surface area (Å²) in [6.07, 6.45) is 1.82. The number of nitrogens with zero attached hydrogens (tertiary/aromatic N) is 3. The van der Waals surface area contributed by atoms with Gasteiger partial charge in [-0.25, -0.2) is 4.98 Å². The van der Waals surface area contributed by atoms with Crippen LogP contribution in [-0.4, -0.2) is 47.7 Å². The van der Waals surface area contributed by atoms with E-state index < -0.39 is 0 Å². The zero-order valence-corrected chi connectivity index (χ0v) is 13.8. The first kappa shape index (κ1) is 17.5. The summed E-state index contributed by atoms with van der Waals surface area (Å²) in [5.74, 6) is 1.95. The molecule has 6 nitrogen and oxygen atoms in total. The molecule has 1 heterocycles. The Hall–Kier alpha value is -1.56. The molecule has 6 heteroatoms. The number of anilines is 2. The van der Waals surface area contributed by atoms with Crippen LogP contribution >= 0.6 is 0 Å². The Morgan fingerprint density at radius 1 is 1.14 bits per heavy atom. The van der Waals surface area contributed by atoms with Crippen molar-refractivity contribution in [1.29, 1.82) is 0 Å². The maximum atomic E-state index is 6.09. The Kier molecular flexibility index (Phi) is 7.82. The third-order valence-electron chi connectivity index (χ3n) is 3.33. The summed E-state index contributed by atoms with van der Waals surface area (Å²) in [4.78, 5) is 11.2. The SMILES string of the molecule is CCCc1nc(NCCN(CC)CC)c(N)c(OCC)n1. The van der Waals surface area contributed by atoms with E-state index in [4.69, 9.17) is 10.5 Å². The van der Waals surface area contributed by atoms with Crippen LogP contribution in [0, 0.1) is 0 Å². The summed E-state index contributed by atoms with van der Waals surface area (Å²) in [5, 5.41) is 3.31. The highest BCUT2D eigenvalue weighted by Gasteiger charge is 2.12.